The predicted molar refractivity (Wildman–Crippen MR) is 98.4 cm³/mol. The molecule has 1 amide bonds. The summed E-state index contributed by atoms with van der Waals surface area (Å²) in [4.78, 5) is 12.2. The van der Waals surface area contributed by atoms with Gasteiger partial charge in [-0.2, -0.15) is 10.2 Å². The molecule has 1 aromatic carbocycles. The summed E-state index contributed by atoms with van der Waals surface area (Å²) in [6, 6.07) is 8.58. The van der Waals surface area contributed by atoms with Gasteiger partial charge in [0.15, 0.2) is 12.5 Å². The molecule has 0 atom stereocenters. The fraction of sp³-hybridized carbons (Fsp3) is 0.235. The van der Waals surface area contributed by atoms with Crippen LogP contribution in [-0.4, -0.2) is 25.5 Å². The molecule has 0 radical (unpaired) electrons. The van der Waals surface area contributed by atoms with Crippen molar-refractivity contribution in [3.63, 3.8) is 0 Å². The van der Waals surface area contributed by atoms with Crippen LogP contribution in [0.2, 0.25) is 10.0 Å². The Morgan fingerprint density at radius 1 is 1.12 bits per heavy atom. The zero-order chi connectivity index (χ0) is 18.5. The number of para-hydroxylation sites is 1. The van der Waals surface area contributed by atoms with E-state index in [1.54, 1.807) is 35.1 Å². The van der Waals surface area contributed by atoms with Crippen LogP contribution in [0.1, 0.15) is 23.1 Å². The monoisotopic (exact) mass is 393 g/mol. The number of aromatic nitrogens is 4. The van der Waals surface area contributed by atoms with Gasteiger partial charge in [0, 0.05) is 18.9 Å². The summed E-state index contributed by atoms with van der Waals surface area (Å²) in [6.07, 6.45) is 3.51. The maximum Gasteiger partial charge on any atom is 0.272 e. The molecular formula is C17H17Cl2N5O2. The number of nitrogens with one attached hydrogen (secondary N) is 1. The third-order valence-electron chi connectivity index (χ3n) is 3.58. The van der Waals surface area contributed by atoms with Crippen LogP contribution in [0.15, 0.2) is 42.7 Å². The van der Waals surface area contributed by atoms with Gasteiger partial charge in [-0.25, -0.2) is 4.68 Å². The Morgan fingerprint density at radius 3 is 2.54 bits per heavy atom. The molecule has 0 unspecified atom stereocenters. The second-order valence-corrected chi connectivity index (χ2v) is 6.22. The van der Waals surface area contributed by atoms with E-state index >= 15 is 0 Å². The van der Waals surface area contributed by atoms with Crippen LogP contribution in [-0.2, 0) is 19.8 Å². The van der Waals surface area contributed by atoms with Crippen molar-refractivity contribution in [3.8, 4) is 5.75 Å². The number of benzene rings is 1. The van der Waals surface area contributed by atoms with Gasteiger partial charge in [-0.15, -0.1) is 0 Å². The molecule has 0 bridgehead atoms. The molecule has 0 fully saturated rings. The number of aryl methyl sites for hydroxylation is 1. The summed E-state index contributed by atoms with van der Waals surface area (Å²) in [7, 11) is 0. The Hall–Kier alpha value is -2.51. The Kier molecular flexibility index (Phi) is 5.80. The molecule has 3 aromatic rings. The van der Waals surface area contributed by atoms with Crippen LogP contribution in [0.5, 0.6) is 5.75 Å². The standard InChI is InChI=1S/C17H17Cl2N5O2/c1-2-23-8-6-12(21-23)10-20-17(25)15-7-9-24(22-15)11-26-16-13(18)4-3-5-14(16)19/h3-9H,2,10-11H2,1H3,(H,20,25). The first kappa shape index (κ1) is 18.3. The number of hydrogen-bond acceptors (Lipinski definition) is 4. The molecule has 9 heteroatoms. The van der Waals surface area contributed by atoms with Gasteiger partial charge in [-0.05, 0) is 31.2 Å². The average molecular weight is 394 g/mol. The molecule has 0 spiro atoms. The lowest BCUT2D eigenvalue weighted by atomic mass is 10.3. The lowest BCUT2D eigenvalue weighted by molar-refractivity contribution is 0.0943. The van der Waals surface area contributed by atoms with E-state index in [1.165, 1.54) is 4.68 Å². The summed E-state index contributed by atoms with van der Waals surface area (Å²) in [5.41, 5.74) is 1.07. The van der Waals surface area contributed by atoms with Crippen molar-refractivity contribution in [3.05, 3.63) is 64.2 Å². The van der Waals surface area contributed by atoms with E-state index in [0.717, 1.165) is 12.2 Å². The van der Waals surface area contributed by atoms with E-state index in [0.29, 0.717) is 22.3 Å². The molecule has 2 heterocycles. The van der Waals surface area contributed by atoms with Gasteiger partial charge in [0.05, 0.1) is 22.3 Å². The highest BCUT2D eigenvalue weighted by Gasteiger charge is 2.11. The van der Waals surface area contributed by atoms with Crippen molar-refractivity contribution < 1.29 is 9.53 Å². The second-order valence-electron chi connectivity index (χ2n) is 5.41. The number of halogens is 2. The highest BCUT2D eigenvalue weighted by atomic mass is 35.5. The summed E-state index contributed by atoms with van der Waals surface area (Å²) < 4.78 is 8.87. The third kappa shape index (κ3) is 4.36. The van der Waals surface area contributed by atoms with E-state index in [9.17, 15) is 4.79 Å². The molecular weight excluding hydrogens is 377 g/mol. The number of nitrogens with zero attached hydrogens (tertiary/aromatic N) is 4. The minimum Gasteiger partial charge on any atom is -0.468 e. The van der Waals surface area contributed by atoms with Gasteiger partial charge in [0.2, 0.25) is 0 Å². The predicted octanol–water partition coefficient (Wildman–Crippen LogP) is 3.37. The molecule has 0 saturated heterocycles. The van der Waals surface area contributed by atoms with Crippen LogP contribution in [0, 0.1) is 0 Å². The molecule has 0 aliphatic heterocycles. The minimum absolute atomic E-state index is 0.0810. The zero-order valence-corrected chi connectivity index (χ0v) is 15.5. The molecule has 136 valence electrons. The Labute approximate surface area is 160 Å². The van der Waals surface area contributed by atoms with E-state index in [2.05, 4.69) is 15.5 Å². The van der Waals surface area contributed by atoms with Crippen molar-refractivity contribution in [2.24, 2.45) is 0 Å². The van der Waals surface area contributed by atoms with Crippen LogP contribution in [0.4, 0.5) is 0 Å². The fourth-order valence-corrected chi connectivity index (χ4v) is 2.75. The summed E-state index contributed by atoms with van der Waals surface area (Å²) >= 11 is 12.1. The average Bonchev–Trinajstić information content (AvgIpc) is 3.28. The van der Waals surface area contributed by atoms with Crippen molar-refractivity contribution in [2.45, 2.75) is 26.7 Å². The van der Waals surface area contributed by atoms with E-state index in [-0.39, 0.29) is 18.3 Å². The SMILES string of the molecule is CCn1ccc(CNC(=O)c2ccn(COc3c(Cl)cccc3Cl)n2)n1. The van der Waals surface area contributed by atoms with Crippen LogP contribution in [0.3, 0.4) is 0 Å². The highest BCUT2D eigenvalue weighted by Crippen LogP contribution is 2.32. The quantitative estimate of drug-likeness (QED) is 0.667. The third-order valence-corrected chi connectivity index (χ3v) is 4.18. The maximum absolute atomic E-state index is 12.2. The molecule has 3 rings (SSSR count). The first-order valence-electron chi connectivity index (χ1n) is 7.97. The smallest absolute Gasteiger partial charge is 0.272 e. The van der Waals surface area contributed by atoms with Crippen molar-refractivity contribution in [1.82, 2.24) is 24.9 Å². The number of hydrogen-bond donors (Lipinski definition) is 1. The lowest BCUT2D eigenvalue weighted by Crippen LogP contribution is -2.24. The maximum atomic E-state index is 12.2. The molecule has 26 heavy (non-hydrogen) atoms. The van der Waals surface area contributed by atoms with Crippen molar-refractivity contribution in [2.75, 3.05) is 0 Å². The van der Waals surface area contributed by atoms with Gasteiger partial charge in [0.25, 0.3) is 5.91 Å². The molecule has 0 aliphatic carbocycles. The minimum atomic E-state index is -0.287. The first-order chi connectivity index (χ1) is 12.6. The van der Waals surface area contributed by atoms with Gasteiger partial charge < -0.3 is 10.1 Å². The molecule has 0 aliphatic rings. The van der Waals surface area contributed by atoms with Gasteiger partial charge >= 0.3 is 0 Å². The van der Waals surface area contributed by atoms with Gasteiger partial charge in [-0.3, -0.25) is 9.48 Å². The summed E-state index contributed by atoms with van der Waals surface area (Å²) in [5.74, 6) is 0.0921. The number of carbonyl (C=O) groups is 1. The Bertz CT molecular complexity index is 886. The lowest BCUT2D eigenvalue weighted by Gasteiger charge is -2.09. The second kappa shape index (κ2) is 8.25. The van der Waals surface area contributed by atoms with Crippen molar-refractivity contribution in [1.29, 1.82) is 0 Å². The van der Waals surface area contributed by atoms with E-state index in [1.807, 2.05) is 19.2 Å². The normalized spacial score (nSPS) is 10.7. The van der Waals surface area contributed by atoms with Crippen LogP contribution >= 0.6 is 23.2 Å². The van der Waals surface area contributed by atoms with Crippen molar-refractivity contribution >= 4 is 29.1 Å². The van der Waals surface area contributed by atoms with Gasteiger partial charge in [-0.1, -0.05) is 29.3 Å². The number of amides is 1. The first-order valence-corrected chi connectivity index (χ1v) is 8.73. The summed E-state index contributed by atoms with van der Waals surface area (Å²) in [6.45, 7) is 3.20. The molecule has 2 aromatic heterocycles. The highest BCUT2D eigenvalue weighted by molar-refractivity contribution is 6.37. The van der Waals surface area contributed by atoms with E-state index in [4.69, 9.17) is 27.9 Å². The number of rotatable bonds is 7. The van der Waals surface area contributed by atoms with E-state index < -0.39 is 0 Å². The van der Waals surface area contributed by atoms with Gasteiger partial charge in [0.1, 0.15) is 5.69 Å². The largest absolute Gasteiger partial charge is 0.468 e. The topological polar surface area (TPSA) is 74.0 Å². The summed E-state index contributed by atoms with van der Waals surface area (Å²) in [5, 5.41) is 12.1. The zero-order valence-electron chi connectivity index (χ0n) is 14.0. The van der Waals surface area contributed by atoms with Crippen LogP contribution < -0.4 is 10.1 Å². The number of carbonyl (C=O) groups excluding carboxylic acids is 1. The molecule has 1 N–H and O–H groups in total. The van der Waals surface area contributed by atoms with Crippen LogP contribution in [0.25, 0.3) is 0 Å². The number of ether oxygens (including phenoxy) is 1. The molecule has 0 saturated carbocycles. The fourth-order valence-electron chi connectivity index (χ4n) is 2.24. The Morgan fingerprint density at radius 2 is 1.85 bits per heavy atom. The molecule has 7 nitrogen and oxygen atoms in total. The Balaban J connectivity index is 1.56.